The lowest BCUT2D eigenvalue weighted by molar-refractivity contribution is 0.0795. The maximum absolute atomic E-state index is 11.8. The second kappa shape index (κ2) is 5.21. The predicted octanol–water partition coefficient (Wildman–Crippen LogP) is 2.15. The molecule has 0 aliphatic heterocycles. The molecule has 0 atom stereocenters. The standard InChI is InChI=1S/C13H15NO/c1-4-10-14(3)13(15)12-8-6-11(5-2)7-9-12/h2,6-9H,4,10H2,1,3H3. The van der Waals surface area contributed by atoms with Gasteiger partial charge in [-0.1, -0.05) is 12.8 Å². The first kappa shape index (κ1) is 11.3. The Kier molecular flexibility index (Phi) is 3.93. The van der Waals surface area contributed by atoms with Crippen molar-refractivity contribution in [3.05, 3.63) is 35.4 Å². The summed E-state index contributed by atoms with van der Waals surface area (Å²) in [5.41, 5.74) is 1.48. The lowest BCUT2D eigenvalue weighted by atomic mass is 10.1. The molecule has 0 unspecified atom stereocenters. The molecule has 0 aliphatic carbocycles. The molecule has 1 aromatic carbocycles. The third-order valence-electron chi connectivity index (χ3n) is 2.20. The van der Waals surface area contributed by atoms with Crippen LogP contribution < -0.4 is 0 Å². The molecule has 78 valence electrons. The van der Waals surface area contributed by atoms with Crippen LogP contribution in [0.4, 0.5) is 0 Å². The van der Waals surface area contributed by atoms with E-state index in [2.05, 4.69) is 5.92 Å². The number of hydrogen-bond donors (Lipinski definition) is 0. The van der Waals surface area contributed by atoms with E-state index < -0.39 is 0 Å². The van der Waals surface area contributed by atoms with Gasteiger partial charge in [0, 0.05) is 24.7 Å². The highest BCUT2D eigenvalue weighted by Crippen LogP contribution is 2.06. The Bertz CT molecular complexity index is 373. The van der Waals surface area contributed by atoms with Gasteiger partial charge in [-0.25, -0.2) is 0 Å². The first-order valence-corrected chi connectivity index (χ1v) is 5.01. The topological polar surface area (TPSA) is 20.3 Å². The number of benzene rings is 1. The maximum atomic E-state index is 11.8. The van der Waals surface area contributed by atoms with Gasteiger partial charge in [0.25, 0.3) is 5.91 Å². The molecule has 0 aromatic heterocycles. The fraction of sp³-hybridized carbons (Fsp3) is 0.308. The van der Waals surface area contributed by atoms with Gasteiger partial charge in [-0.05, 0) is 30.7 Å². The van der Waals surface area contributed by atoms with Gasteiger partial charge >= 0.3 is 0 Å². The van der Waals surface area contributed by atoms with Crippen molar-refractivity contribution >= 4 is 5.91 Å². The Labute approximate surface area is 90.9 Å². The van der Waals surface area contributed by atoms with Crippen LogP contribution >= 0.6 is 0 Å². The van der Waals surface area contributed by atoms with Gasteiger partial charge in [-0.3, -0.25) is 4.79 Å². The molecule has 0 heterocycles. The molecule has 1 amide bonds. The molecule has 0 fully saturated rings. The fourth-order valence-corrected chi connectivity index (χ4v) is 1.37. The number of hydrogen-bond acceptors (Lipinski definition) is 1. The summed E-state index contributed by atoms with van der Waals surface area (Å²) < 4.78 is 0. The quantitative estimate of drug-likeness (QED) is 0.686. The Balaban J connectivity index is 2.79. The lowest BCUT2D eigenvalue weighted by Crippen LogP contribution is -2.27. The molecule has 0 saturated heterocycles. The van der Waals surface area contributed by atoms with E-state index in [1.54, 1.807) is 36.2 Å². The third kappa shape index (κ3) is 2.85. The summed E-state index contributed by atoms with van der Waals surface area (Å²) in [6.07, 6.45) is 6.20. The highest BCUT2D eigenvalue weighted by molar-refractivity contribution is 5.94. The van der Waals surface area contributed by atoms with Gasteiger partial charge in [0.2, 0.25) is 0 Å². The van der Waals surface area contributed by atoms with Crippen LogP contribution in [-0.4, -0.2) is 24.4 Å². The molecule has 0 aliphatic rings. The Morgan fingerprint density at radius 2 is 2.00 bits per heavy atom. The summed E-state index contributed by atoms with van der Waals surface area (Å²) in [4.78, 5) is 13.5. The minimum absolute atomic E-state index is 0.0421. The van der Waals surface area contributed by atoms with E-state index in [1.807, 2.05) is 6.92 Å². The summed E-state index contributed by atoms with van der Waals surface area (Å²) in [7, 11) is 1.81. The van der Waals surface area contributed by atoms with Gasteiger partial charge in [0.05, 0.1) is 0 Å². The van der Waals surface area contributed by atoms with E-state index >= 15 is 0 Å². The zero-order chi connectivity index (χ0) is 11.3. The summed E-state index contributed by atoms with van der Waals surface area (Å²) >= 11 is 0. The number of carbonyl (C=O) groups excluding carboxylic acids is 1. The Hall–Kier alpha value is -1.75. The first-order chi connectivity index (χ1) is 7.19. The molecule has 1 aromatic rings. The summed E-state index contributed by atoms with van der Waals surface area (Å²) in [5.74, 6) is 2.56. The molecule has 0 bridgehead atoms. The second-order valence-electron chi connectivity index (χ2n) is 3.45. The number of nitrogens with zero attached hydrogens (tertiary/aromatic N) is 1. The first-order valence-electron chi connectivity index (χ1n) is 5.01. The zero-order valence-corrected chi connectivity index (χ0v) is 9.16. The third-order valence-corrected chi connectivity index (χ3v) is 2.20. The molecular formula is C13H15NO. The van der Waals surface area contributed by atoms with Crippen LogP contribution in [-0.2, 0) is 0 Å². The van der Waals surface area contributed by atoms with E-state index in [-0.39, 0.29) is 5.91 Å². The van der Waals surface area contributed by atoms with Crippen molar-refractivity contribution in [1.29, 1.82) is 0 Å². The predicted molar refractivity (Wildman–Crippen MR) is 61.6 cm³/mol. The lowest BCUT2D eigenvalue weighted by Gasteiger charge is -2.15. The number of carbonyl (C=O) groups is 1. The largest absolute Gasteiger partial charge is 0.342 e. The van der Waals surface area contributed by atoms with Gasteiger partial charge in [0.1, 0.15) is 0 Å². The molecule has 0 N–H and O–H groups in total. The summed E-state index contributed by atoms with van der Waals surface area (Å²) in [6, 6.07) is 7.10. The fourth-order valence-electron chi connectivity index (χ4n) is 1.37. The molecular weight excluding hydrogens is 186 g/mol. The summed E-state index contributed by atoms with van der Waals surface area (Å²) in [6.45, 7) is 2.82. The number of amides is 1. The summed E-state index contributed by atoms with van der Waals surface area (Å²) in [5, 5.41) is 0. The molecule has 1 rings (SSSR count). The minimum Gasteiger partial charge on any atom is -0.342 e. The normalized spacial score (nSPS) is 9.40. The van der Waals surface area contributed by atoms with Crippen LogP contribution in [0.1, 0.15) is 29.3 Å². The van der Waals surface area contributed by atoms with Crippen LogP contribution in [0.25, 0.3) is 0 Å². The maximum Gasteiger partial charge on any atom is 0.253 e. The van der Waals surface area contributed by atoms with Gasteiger partial charge in [0.15, 0.2) is 0 Å². The van der Waals surface area contributed by atoms with Crippen LogP contribution in [0.2, 0.25) is 0 Å². The van der Waals surface area contributed by atoms with E-state index in [4.69, 9.17) is 6.42 Å². The molecule has 2 nitrogen and oxygen atoms in total. The highest BCUT2D eigenvalue weighted by Gasteiger charge is 2.09. The highest BCUT2D eigenvalue weighted by atomic mass is 16.2. The average molecular weight is 201 g/mol. The average Bonchev–Trinajstić information content (AvgIpc) is 2.28. The van der Waals surface area contributed by atoms with Crippen molar-refractivity contribution in [1.82, 2.24) is 4.90 Å². The molecule has 0 spiro atoms. The van der Waals surface area contributed by atoms with Gasteiger partial charge in [-0.15, -0.1) is 6.42 Å². The van der Waals surface area contributed by atoms with Gasteiger partial charge in [-0.2, -0.15) is 0 Å². The SMILES string of the molecule is C#Cc1ccc(C(=O)N(C)CCC)cc1. The van der Waals surface area contributed by atoms with E-state index in [0.717, 1.165) is 18.5 Å². The molecule has 0 saturated carbocycles. The van der Waals surface area contributed by atoms with Crippen LogP contribution in [0.15, 0.2) is 24.3 Å². The van der Waals surface area contributed by atoms with Crippen LogP contribution in [0.5, 0.6) is 0 Å². The second-order valence-corrected chi connectivity index (χ2v) is 3.45. The molecule has 15 heavy (non-hydrogen) atoms. The molecule has 0 radical (unpaired) electrons. The monoisotopic (exact) mass is 201 g/mol. The van der Waals surface area contributed by atoms with Crippen molar-refractivity contribution in [2.45, 2.75) is 13.3 Å². The Morgan fingerprint density at radius 1 is 1.40 bits per heavy atom. The van der Waals surface area contributed by atoms with Crippen LogP contribution in [0.3, 0.4) is 0 Å². The van der Waals surface area contributed by atoms with Crippen molar-refractivity contribution in [3.63, 3.8) is 0 Å². The van der Waals surface area contributed by atoms with Crippen molar-refractivity contribution in [2.75, 3.05) is 13.6 Å². The number of rotatable bonds is 3. The van der Waals surface area contributed by atoms with Crippen LogP contribution in [0, 0.1) is 12.3 Å². The van der Waals surface area contributed by atoms with E-state index in [9.17, 15) is 4.79 Å². The van der Waals surface area contributed by atoms with Crippen molar-refractivity contribution in [3.8, 4) is 12.3 Å². The zero-order valence-electron chi connectivity index (χ0n) is 9.16. The Morgan fingerprint density at radius 3 is 2.47 bits per heavy atom. The van der Waals surface area contributed by atoms with Gasteiger partial charge < -0.3 is 4.90 Å². The molecule has 2 heteroatoms. The smallest absolute Gasteiger partial charge is 0.253 e. The number of terminal acetylenes is 1. The van der Waals surface area contributed by atoms with Crippen molar-refractivity contribution in [2.24, 2.45) is 0 Å². The van der Waals surface area contributed by atoms with E-state index in [1.165, 1.54) is 0 Å². The van der Waals surface area contributed by atoms with E-state index in [0.29, 0.717) is 5.56 Å². The van der Waals surface area contributed by atoms with Crippen molar-refractivity contribution < 1.29 is 4.79 Å². The minimum atomic E-state index is 0.0421.